The first kappa shape index (κ1) is 15.4. The van der Waals surface area contributed by atoms with E-state index < -0.39 is 0 Å². The summed E-state index contributed by atoms with van der Waals surface area (Å²) < 4.78 is 13.4. The van der Waals surface area contributed by atoms with E-state index in [1.54, 1.807) is 0 Å². The standard InChI is InChI=1S/C16H13Br3O2/c1-9-6-10(2-3-12(9)17)16(19)11-7-14-15(8-13(11)18)21-5-4-20-14/h2-3,6-8,16H,4-5H2,1H3. The van der Waals surface area contributed by atoms with Crippen LogP contribution >= 0.6 is 47.8 Å². The fraction of sp³-hybridized carbons (Fsp3) is 0.250. The van der Waals surface area contributed by atoms with Crippen LogP contribution in [0.5, 0.6) is 11.5 Å². The Morgan fingerprint density at radius 3 is 2.29 bits per heavy atom. The Morgan fingerprint density at radius 2 is 1.62 bits per heavy atom. The summed E-state index contributed by atoms with van der Waals surface area (Å²) in [4.78, 5) is 0.0921. The number of alkyl halides is 1. The molecule has 110 valence electrons. The third-order valence-corrected chi connectivity index (χ3v) is 6.01. The molecule has 3 rings (SSSR count). The van der Waals surface area contributed by atoms with Gasteiger partial charge in [0.25, 0.3) is 0 Å². The molecule has 1 aliphatic rings. The van der Waals surface area contributed by atoms with Crippen molar-refractivity contribution in [2.24, 2.45) is 0 Å². The van der Waals surface area contributed by atoms with Crippen LogP contribution in [0.2, 0.25) is 0 Å². The van der Waals surface area contributed by atoms with Gasteiger partial charge in [0.15, 0.2) is 11.5 Å². The summed E-state index contributed by atoms with van der Waals surface area (Å²) in [5, 5.41) is 0. The van der Waals surface area contributed by atoms with E-state index in [1.165, 1.54) is 11.1 Å². The Labute approximate surface area is 149 Å². The van der Waals surface area contributed by atoms with Gasteiger partial charge in [0.1, 0.15) is 13.2 Å². The third-order valence-electron chi connectivity index (χ3n) is 3.41. The van der Waals surface area contributed by atoms with E-state index in [1.807, 2.05) is 12.1 Å². The van der Waals surface area contributed by atoms with Crippen molar-refractivity contribution in [2.45, 2.75) is 11.8 Å². The lowest BCUT2D eigenvalue weighted by molar-refractivity contribution is 0.171. The second kappa shape index (κ2) is 6.31. The highest BCUT2D eigenvalue weighted by atomic mass is 79.9. The molecular weight excluding hydrogens is 464 g/mol. The fourth-order valence-electron chi connectivity index (χ4n) is 2.28. The van der Waals surface area contributed by atoms with Crippen LogP contribution in [0.1, 0.15) is 21.5 Å². The molecule has 2 aromatic carbocycles. The molecule has 0 bridgehead atoms. The highest BCUT2D eigenvalue weighted by Gasteiger charge is 2.20. The van der Waals surface area contributed by atoms with Gasteiger partial charge >= 0.3 is 0 Å². The molecular formula is C16H13Br3O2. The summed E-state index contributed by atoms with van der Waals surface area (Å²) in [5.74, 6) is 1.60. The second-order valence-electron chi connectivity index (χ2n) is 4.89. The van der Waals surface area contributed by atoms with Crippen molar-refractivity contribution < 1.29 is 9.47 Å². The molecule has 0 aliphatic carbocycles. The quantitative estimate of drug-likeness (QED) is 0.512. The van der Waals surface area contributed by atoms with E-state index in [-0.39, 0.29) is 4.83 Å². The molecule has 2 aromatic rings. The van der Waals surface area contributed by atoms with E-state index in [0.29, 0.717) is 13.2 Å². The van der Waals surface area contributed by atoms with Gasteiger partial charge < -0.3 is 9.47 Å². The van der Waals surface area contributed by atoms with Crippen LogP contribution < -0.4 is 9.47 Å². The Morgan fingerprint density at radius 1 is 0.952 bits per heavy atom. The predicted octanol–water partition coefficient (Wildman–Crippen LogP) is 5.78. The topological polar surface area (TPSA) is 18.5 Å². The molecule has 5 heteroatoms. The normalized spacial score (nSPS) is 14.9. The summed E-state index contributed by atoms with van der Waals surface area (Å²) in [6.07, 6.45) is 0. The number of hydrogen-bond acceptors (Lipinski definition) is 2. The lowest BCUT2D eigenvalue weighted by Crippen LogP contribution is -2.15. The molecule has 1 aliphatic heterocycles. The number of fused-ring (bicyclic) bond motifs is 1. The van der Waals surface area contributed by atoms with E-state index in [4.69, 9.17) is 9.47 Å². The lowest BCUT2D eigenvalue weighted by Gasteiger charge is -2.21. The smallest absolute Gasteiger partial charge is 0.162 e. The minimum absolute atomic E-state index is 0.0921. The van der Waals surface area contributed by atoms with Crippen LogP contribution in [-0.2, 0) is 0 Å². The van der Waals surface area contributed by atoms with E-state index in [9.17, 15) is 0 Å². The molecule has 0 saturated heterocycles. The van der Waals surface area contributed by atoms with Crippen molar-refractivity contribution in [3.63, 3.8) is 0 Å². The van der Waals surface area contributed by atoms with Crippen LogP contribution in [0.3, 0.4) is 0 Å². The Kier molecular flexibility index (Phi) is 4.62. The highest BCUT2D eigenvalue weighted by Crippen LogP contribution is 2.42. The maximum atomic E-state index is 5.67. The molecule has 0 amide bonds. The van der Waals surface area contributed by atoms with Gasteiger partial charge in [0.2, 0.25) is 0 Å². The number of rotatable bonds is 2. The second-order valence-corrected chi connectivity index (χ2v) is 7.51. The van der Waals surface area contributed by atoms with Gasteiger partial charge in [-0.3, -0.25) is 0 Å². The SMILES string of the molecule is Cc1cc(C(Br)c2cc3c(cc2Br)OCCO3)ccc1Br. The molecule has 1 heterocycles. The molecule has 0 saturated carbocycles. The summed E-state index contributed by atoms with van der Waals surface area (Å²) in [5.41, 5.74) is 3.54. The van der Waals surface area contributed by atoms with Gasteiger partial charge in [-0.1, -0.05) is 59.9 Å². The van der Waals surface area contributed by atoms with Crippen molar-refractivity contribution in [1.82, 2.24) is 0 Å². The zero-order valence-electron chi connectivity index (χ0n) is 11.3. The zero-order chi connectivity index (χ0) is 15.0. The Hall–Kier alpha value is -0.520. The number of hydrogen-bond donors (Lipinski definition) is 0. The summed E-state index contributed by atoms with van der Waals surface area (Å²) in [7, 11) is 0. The molecule has 0 radical (unpaired) electrons. The maximum Gasteiger partial charge on any atom is 0.162 e. The number of ether oxygens (including phenoxy) is 2. The molecule has 0 aromatic heterocycles. The van der Waals surface area contributed by atoms with E-state index >= 15 is 0 Å². The summed E-state index contributed by atoms with van der Waals surface area (Å²) in [6.45, 7) is 3.28. The van der Waals surface area contributed by atoms with Crippen molar-refractivity contribution in [2.75, 3.05) is 13.2 Å². The first-order chi connectivity index (χ1) is 10.1. The molecule has 1 atom stereocenters. The maximum absolute atomic E-state index is 5.67. The summed E-state index contributed by atoms with van der Waals surface area (Å²) in [6, 6.07) is 10.4. The first-order valence-corrected chi connectivity index (χ1v) is 9.05. The largest absolute Gasteiger partial charge is 0.486 e. The van der Waals surface area contributed by atoms with Gasteiger partial charge in [-0.25, -0.2) is 0 Å². The van der Waals surface area contributed by atoms with Crippen LogP contribution in [0.15, 0.2) is 39.3 Å². The molecule has 0 spiro atoms. The fourth-order valence-corrected chi connectivity index (χ4v) is 4.05. The monoisotopic (exact) mass is 474 g/mol. The number of aryl methyl sites for hydroxylation is 1. The van der Waals surface area contributed by atoms with Gasteiger partial charge in [0, 0.05) is 8.95 Å². The Bertz CT molecular complexity index is 685. The van der Waals surface area contributed by atoms with E-state index in [2.05, 4.69) is 72.9 Å². The average Bonchev–Trinajstić information content (AvgIpc) is 2.48. The van der Waals surface area contributed by atoms with Crippen LogP contribution in [0.25, 0.3) is 0 Å². The van der Waals surface area contributed by atoms with Crippen LogP contribution in [-0.4, -0.2) is 13.2 Å². The minimum atomic E-state index is 0.0921. The minimum Gasteiger partial charge on any atom is -0.486 e. The van der Waals surface area contributed by atoms with Crippen molar-refractivity contribution >= 4 is 47.8 Å². The van der Waals surface area contributed by atoms with Gasteiger partial charge in [0.05, 0.1) is 4.83 Å². The predicted molar refractivity (Wildman–Crippen MR) is 94.8 cm³/mol. The summed E-state index contributed by atoms with van der Waals surface area (Å²) >= 11 is 11.0. The van der Waals surface area contributed by atoms with Gasteiger partial charge in [-0.05, 0) is 41.8 Å². The van der Waals surface area contributed by atoms with Gasteiger partial charge in [-0.2, -0.15) is 0 Å². The first-order valence-electron chi connectivity index (χ1n) is 6.55. The molecule has 0 N–H and O–H groups in total. The van der Waals surface area contributed by atoms with Crippen molar-refractivity contribution in [1.29, 1.82) is 0 Å². The average molecular weight is 477 g/mol. The highest BCUT2D eigenvalue weighted by molar-refractivity contribution is 9.11. The van der Waals surface area contributed by atoms with E-state index in [0.717, 1.165) is 26.0 Å². The van der Waals surface area contributed by atoms with Gasteiger partial charge in [-0.15, -0.1) is 0 Å². The molecule has 1 unspecified atom stereocenters. The third kappa shape index (κ3) is 3.15. The molecule has 0 fully saturated rings. The van der Waals surface area contributed by atoms with Crippen molar-refractivity contribution in [3.8, 4) is 11.5 Å². The molecule has 2 nitrogen and oxygen atoms in total. The Balaban J connectivity index is 2.00. The zero-order valence-corrected chi connectivity index (χ0v) is 16.1. The van der Waals surface area contributed by atoms with Crippen LogP contribution in [0, 0.1) is 6.92 Å². The number of halogens is 3. The molecule has 21 heavy (non-hydrogen) atoms. The van der Waals surface area contributed by atoms with Crippen LogP contribution in [0.4, 0.5) is 0 Å². The van der Waals surface area contributed by atoms with Crippen molar-refractivity contribution in [3.05, 3.63) is 56.0 Å². The number of benzene rings is 2. The lowest BCUT2D eigenvalue weighted by atomic mass is 10.0.